The van der Waals surface area contributed by atoms with Crippen LogP contribution in [0.25, 0.3) is 0 Å². The van der Waals surface area contributed by atoms with Crippen LogP contribution in [0.2, 0.25) is 0 Å². The second-order valence-corrected chi connectivity index (χ2v) is 8.03. The highest BCUT2D eigenvalue weighted by Crippen LogP contribution is 2.31. The molecule has 18 heavy (non-hydrogen) atoms. The Morgan fingerprint density at radius 1 is 1.33 bits per heavy atom. The van der Waals surface area contributed by atoms with E-state index in [1.54, 1.807) is 23.1 Å². The van der Waals surface area contributed by atoms with E-state index in [0.29, 0.717) is 12.5 Å². The zero-order valence-electron chi connectivity index (χ0n) is 11.1. The molecule has 1 heterocycles. The highest BCUT2D eigenvalue weighted by molar-refractivity contribution is 8.03. The molecule has 0 aromatic carbocycles. The molecule has 0 aliphatic carbocycles. The largest absolute Gasteiger partial charge is 0.355 e. The molecule has 1 amide bonds. The van der Waals surface area contributed by atoms with E-state index in [9.17, 15) is 4.79 Å². The zero-order valence-corrected chi connectivity index (χ0v) is 13.5. The predicted octanol–water partition coefficient (Wildman–Crippen LogP) is 2.90. The Bertz CT molecular complexity index is 381. The maximum Gasteiger partial charge on any atom is 0.233 e. The minimum atomic E-state index is -0.124. The van der Waals surface area contributed by atoms with E-state index in [2.05, 4.69) is 29.4 Å². The van der Waals surface area contributed by atoms with Crippen molar-refractivity contribution >= 4 is 40.8 Å². The third kappa shape index (κ3) is 5.58. The minimum absolute atomic E-state index is 0.0501. The van der Waals surface area contributed by atoms with E-state index in [0.717, 1.165) is 14.4 Å². The van der Waals surface area contributed by atoms with Gasteiger partial charge in [0.1, 0.15) is 0 Å². The van der Waals surface area contributed by atoms with Crippen LogP contribution in [-0.2, 0) is 4.79 Å². The van der Waals surface area contributed by atoms with Crippen LogP contribution in [-0.4, -0.2) is 33.7 Å². The number of amides is 1. The number of nitrogens with one attached hydrogen (secondary N) is 1. The Labute approximate surface area is 121 Å². The summed E-state index contributed by atoms with van der Waals surface area (Å²) in [5.41, 5.74) is 0. The van der Waals surface area contributed by atoms with Gasteiger partial charge < -0.3 is 5.32 Å². The summed E-state index contributed by atoms with van der Waals surface area (Å²) in [5.74, 6) is 1.74. The summed E-state index contributed by atoms with van der Waals surface area (Å²) in [5, 5.41) is 10.9. The summed E-state index contributed by atoms with van der Waals surface area (Å²) in [4.78, 5) is 11.6. The van der Waals surface area contributed by atoms with Crippen molar-refractivity contribution in [1.29, 1.82) is 0 Å². The number of carbonyl (C=O) groups is 1. The summed E-state index contributed by atoms with van der Waals surface area (Å²) < 4.78 is 1.84. The highest BCUT2D eigenvalue weighted by Gasteiger charge is 2.16. The van der Waals surface area contributed by atoms with Gasteiger partial charge in [-0.05, 0) is 19.8 Å². The van der Waals surface area contributed by atoms with Crippen molar-refractivity contribution in [2.45, 2.75) is 41.6 Å². The molecule has 1 atom stereocenters. The third-order valence-corrected chi connectivity index (χ3v) is 5.59. The van der Waals surface area contributed by atoms with Crippen molar-refractivity contribution in [3.63, 3.8) is 0 Å². The average molecular weight is 305 g/mol. The normalized spacial score (nSPS) is 12.7. The van der Waals surface area contributed by atoms with E-state index in [1.165, 1.54) is 11.8 Å². The lowest BCUT2D eigenvalue weighted by Gasteiger charge is -2.07. The number of hydrogen-bond acceptors (Lipinski definition) is 6. The summed E-state index contributed by atoms with van der Waals surface area (Å²) in [7, 11) is 0. The van der Waals surface area contributed by atoms with Gasteiger partial charge in [-0.25, -0.2) is 0 Å². The van der Waals surface area contributed by atoms with Crippen molar-refractivity contribution in [1.82, 2.24) is 15.5 Å². The van der Waals surface area contributed by atoms with E-state index >= 15 is 0 Å². The van der Waals surface area contributed by atoms with Crippen LogP contribution in [0.5, 0.6) is 0 Å². The standard InChI is InChI=1S/C11H19N3OS3/c1-5-12-9(15)8(4)17-11-14-13-10(18-11)16-6-7(2)3/h7-8H,5-6H2,1-4H3,(H,12,15)/t8-/m0/s1. The smallest absolute Gasteiger partial charge is 0.233 e. The van der Waals surface area contributed by atoms with Crippen molar-refractivity contribution in [3.8, 4) is 0 Å². The van der Waals surface area contributed by atoms with Crippen molar-refractivity contribution in [3.05, 3.63) is 0 Å². The molecule has 0 aliphatic rings. The van der Waals surface area contributed by atoms with Crippen LogP contribution >= 0.6 is 34.9 Å². The lowest BCUT2D eigenvalue weighted by atomic mass is 10.3. The van der Waals surface area contributed by atoms with Gasteiger partial charge in [0.2, 0.25) is 5.91 Å². The van der Waals surface area contributed by atoms with Gasteiger partial charge in [0, 0.05) is 12.3 Å². The van der Waals surface area contributed by atoms with Gasteiger partial charge in [0.15, 0.2) is 8.68 Å². The van der Waals surface area contributed by atoms with Crippen molar-refractivity contribution < 1.29 is 4.79 Å². The number of aromatic nitrogens is 2. The highest BCUT2D eigenvalue weighted by atomic mass is 32.2. The SMILES string of the molecule is CCNC(=O)[C@H](C)Sc1nnc(SCC(C)C)s1. The van der Waals surface area contributed by atoms with Crippen LogP contribution in [0.4, 0.5) is 0 Å². The molecule has 0 spiro atoms. The number of hydrogen-bond donors (Lipinski definition) is 1. The summed E-state index contributed by atoms with van der Waals surface area (Å²) in [6.07, 6.45) is 0. The monoisotopic (exact) mass is 305 g/mol. The predicted molar refractivity (Wildman–Crippen MR) is 79.5 cm³/mol. The van der Waals surface area contributed by atoms with Gasteiger partial charge in [-0.2, -0.15) is 0 Å². The van der Waals surface area contributed by atoms with E-state index in [-0.39, 0.29) is 11.2 Å². The number of thioether (sulfide) groups is 2. The minimum Gasteiger partial charge on any atom is -0.355 e. The number of nitrogens with zero attached hydrogens (tertiary/aromatic N) is 2. The molecule has 0 unspecified atom stereocenters. The molecular weight excluding hydrogens is 286 g/mol. The molecule has 4 nitrogen and oxygen atoms in total. The number of rotatable bonds is 7. The van der Waals surface area contributed by atoms with Gasteiger partial charge >= 0.3 is 0 Å². The first-order valence-corrected chi connectivity index (χ1v) is 8.61. The Hall–Kier alpha value is -0.270. The molecule has 1 rings (SSSR count). The van der Waals surface area contributed by atoms with E-state index in [1.807, 2.05) is 13.8 Å². The molecule has 1 N–H and O–H groups in total. The van der Waals surface area contributed by atoms with Gasteiger partial charge in [-0.1, -0.05) is 48.7 Å². The maximum atomic E-state index is 11.6. The Balaban J connectivity index is 2.45. The molecule has 0 saturated heterocycles. The third-order valence-electron chi connectivity index (χ3n) is 1.93. The summed E-state index contributed by atoms with van der Waals surface area (Å²) in [6.45, 7) is 8.83. The van der Waals surface area contributed by atoms with E-state index < -0.39 is 0 Å². The molecule has 0 fully saturated rings. The summed E-state index contributed by atoms with van der Waals surface area (Å²) >= 11 is 4.75. The Kier molecular flexibility index (Phi) is 7.03. The fourth-order valence-corrected chi connectivity index (χ4v) is 4.23. The first-order valence-electron chi connectivity index (χ1n) is 5.93. The first-order chi connectivity index (χ1) is 8.52. The molecule has 7 heteroatoms. The molecule has 0 bridgehead atoms. The molecule has 102 valence electrons. The lowest BCUT2D eigenvalue weighted by molar-refractivity contribution is -0.120. The van der Waals surface area contributed by atoms with Gasteiger partial charge in [-0.15, -0.1) is 10.2 Å². The van der Waals surface area contributed by atoms with Crippen molar-refractivity contribution in [2.24, 2.45) is 5.92 Å². The quantitative estimate of drug-likeness (QED) is 0.785. The molecule has 0 radical (unpaired) electrons. The maximum absolute atomic E-state index is 11.6. The van der Waals surface area contributed by atoms with Crippen LogP contribution in [0, 0.1) is 5.92 Å². The van der Waals surface area contributed by atoms with E-state index in [4.69, 9.17) is 0 Å². The average Bonchev–Trinajstić information content (AvgIpc) is 2.74. The van der Waals surface area contributed by atoms with Gasteiger partial charge in [0.25, 0.3) is 0 Å². The lowest BCUT2D eigenvalue weighted by Crippen LogP contribution is -2.30. The van der Waals surface area contributed by atoms with Crippen molar-refractivity contribution in [2.75, 3.05) is 12.3 Å². The molecule has 1 aromatic heterocycles. The Morgan fingerprint density at radius 3 is 2.61 bits per heavy atom. The topological polar surface area (TPSA) is 54.9 Å². The van der Waals surface area contributed by atoms with Crippen LogP contribution in [0.1, 0.15) is 27.7 Å². The Morgan fingerprint density at radius 2 is 2.00 bits per heavy atom. The molecular formula is C11H19N3OS3. The fourth-order valence-electron chi connectivity index (χ4n) is 1.06. The molecule has 1 aromatic rings. The molecule has 0 saturated carbocycles. The fraction of sp³-hybridized carbons (Fsp3) is 0.727. The van der Waals surface area contributed by atoms with Crippen LogP contribution in [0.3, 0.4) is 0 Å². The molecule has 0 aliphatic heterocycles. The van der Waals surface area contributed by atoms with Crippen LogP contribution in [0.15, 0.2) is 8.68 Å². The first kappa shape index (κ1) is 15.8. The zero-order chi connectivity index (χ0) is 13.5. The second-order valence-electron chi connectivity index (χ2n) is 4.19. The summed E-state index contributed by atoms with van der Waals surface area (Å²) in [6, 6.07) is 0. The number of carbonyl (C=O) groups excluding carboxylic acids is 1. The van der Waals surface area contributed by atoms with Gasteiger partial charge in [0.05, 0.1) is 5.25 Å². The second kappa shape index (κ2) is 8.01. The van der Waals surface area contributed by atoms with Gasteiger partial charge in [-0.3, -0.25) is 4.79 Å². The van der Waals surface area contributed by atoms with Crippen LogP contribution < -0.4 is 5.32 Å².